The third-order valence-electron chi connectivity index (χ3n) is 3.48. The molecule has 0 aromatic rings. The van der Waals surface area contributed by atoms with Gasteiger partial charge in [0.2, 0.25) is 0 Å². The molecule has 128 valence electrons. The Morgan fingerprint density at radius 3 is 2.13 bits per heavy atom. The zero-order valence-corrected chi connectivity index (χ0v) is 14.1. The van der Waals surface area contributed by atoms with Crippen LogP contribution in [0.3, 0.4) is 0 Å². The molecule has 0 aromatic heterocycles. The Hall–Kier alpha value is -2.29. The van der Waals surface area contributed by atoms with Crippen LogP contribution in [-0.4, -0.2) is 36.7 Å². The Kier molecular flexibility index (Phi) is 8.71. The fraction of sp³-hybridized carbons (Fsp3) is 0.588. The van der Waals surface area contributed by atoms with Crippen LogP contribution in [0.25, 0.3) is 0 Å². The minimum Gasteiger partial charge on any atom is -0.462 e. The van der Waals surface area contributed by atoms with E-state index in [4.69, 9.17) is 20.6 Å². The summed E-state index contributed by atoms with van der Waals surface area (Å²) in [7, 11) is 0. The molecule has 6 heteroatoms. The number of rotatable bonds is 9. The molecule has 0 saturated carbocycles. The third-order valence-corrected chi connectivity index (χ3v) is 3.48. The second kappa shape index (κ2) is 9.67. The van der Waals surface area contributed by atoms with Crippen LogP contribution in [0.1, 0.15) is 40.5 Å². The predicted molar refractivity (Wildman–Crippen MR) is 84.1 cm³/mol. The Balaban J connectivity index is 5.16. The highest BCUT2D eigenvalue weighted by Gasteiger charge is 2.47. The predicted octanol–water partition coefficient (Wildman–Crippen LogP) is 2.02. The summed E-state index contributed by atoms with van der Waals surface area (Å²) < 4.78 is 15.1. The van der Waals surface area contributed by atoms with Gasteiger partial charge in [0.1, 0.15) is 6.61 Å². The lowest BCUT2D eigenvalue weighted by molar-refractivity contribution is -0.178. The number of carbonyl (C=O) groups excluding carboxylic acids is 3. The molecule has 0 aliphatic rings. The molecule has 0 bridgehead atoms. The second-order valence-electron chi connectivity index (χ2n) is 4.99. The monoisotopic (exact) mass is 324 g/mol. The minimum absolute atomic E-state index is 0.163. The van der Waals surface area contributed by atoms with Crippen molar-refractivity contribution >= 4 is 17.9 Å². The molecular formula is C17H24O6. The maximum Gasteiger partial charge on any atom is 0.324 e. The Labute approximate surface area is 137 Å². The largest absolute Gasteiger partial charge is 0.462 e. The number of carbonyl (C=O) groups is 3. The summed E-state index contributed by atoms with van der Waals surface area (Å²) in [5, 5.41) is 0. The van der Waals surface area contributed by atoms with Crippen molar-refractivity contribution in [1.82, 2.24) is 0 Å². The normalized spacial score (nSPS) is 13.2. The SMILES string of the molecule is C#CC(C)OC(=O)C(CC)(CC)C(=O)OC(C=C)COC(C)=O. The highest BCUT2D eigenvalue weighted by Crippen LogP contribution is 2.31. The molecule has 0 spiro atoms. The van der Waals surface area contributed by atoms with Gasteiger partial charge in [0.15, 0.2) is 17.6 Å². The van der Waals surface area contributed by atoms with Crippen molar-refractivity contribution < 1.29 is 28.6 Å². The van der Waals surface area contributed by atoms with E-state index in [2.05, 4.69) is 12.5 Å². The lowest BCUT2D eigenvalue weighted by atomic mass is 9.82. The van der Waals surface area contributed by atoms with Crippen molar-refractivity contribution in [3.05, 3.63) is 12.7 Å². The minimum atomic E-state index is -1.46. The lowest BCUT2D eigenvalue weighted by Crippen LogP contribution is -2.43. The summed E-state index contributed by atoms with van der Waals surface area (Å²) in [6.07, 6.45) is 5.30. The van der Waals surface area contributed by atoms with Crippen molar-refractivity contribution in [2.75, 3.05) is 6.61 Å². The topological polar surface area (TPSA) is 78.9 Å². The van der Waals surface area contributed by atoms with Crippen molar-refractivity contribution in [2.24, 2.45) is 5.41 Å². The zero-order chi connectivity index (χ0) is 18.0. The summed E-state index contributed by atoms with van der Waals surface area (Å²) in [6, 6.07) is 0. The van der Waals surface area contributed by atoms with Gasteiger partial charge in [0, 0.05) is 6.92 Å². The fourth-order valence-electron chi connectivity index (χ4n) is 1.82. The first-order chi connectivity index (χ1) is 10.8. The average molecular weight is 324 g/mol. The summed E-state index contributed by atoms with van der Waals surface area (Å²) in [5.41, 5.74) is -1.46. The van der Waals surface area contributed by atoms with E-state index >= 15 is 0 Å². The first kappa shape index (κ1) is 20.7. The van der Waals surface area contributed by atoms with E-state index in [0.717, 1.165) is 0 Å². The van der Waals surface area contributed by atoms with E-state index in [9.17, 15) is 14.4 Å². The number of hydrogen-bond donors (Lipinski definition) is 0. The van der Waals surface area contributed by atoms with E-state index in [0.29, 0.717) is 0 Å². The molecule has 0 rings (SSSR count). The van der Waals surface area contributed by atoms with Gasteiger partial charge in [-0.1, -0.05) is 26.3 Å². The maximum absolute atomic E-state index is 12.5. The van der Waals surface area contributed by atoms with Gasteiger partial charge in [-0.2, -0.15) is 0 Å². The third kappa shape index (κ3) is 5.78. The molecule has 0 aromatic carbocycles. The average Bonchev–Trinajstić information content (AvgIpc) is 2.52. The first-order valence-electron chi connectivity index (χ1n) is 7.41. The summed E-state index contributed by atoms with van der Waals surface area (Å²) in [4.78, 5) is 35.7. The van der Waals surface area contributed by atoms with E-state index in [1.54, 1.807) is 13.8 Å². The smallest absolute Gasteiger partial charge is 0.324 e. The molecule has 0 heterocycles. The van der Waals surface area contributed by atoms with E-state index < -0.39 is 35.5 Å². The molecule has 0 aliphatic heterocycles. The molecule has 6 nitrogen and oxygen atoms in total. The van der Waals surface area contributed by atoms with Gasteiger partial charge in [0.05, 0.1) is 0 Å². The number of ether oxygens (including phenoxy) is 3. The molecule has 0 aliphatic carbocycles. The van der Waals surface area contributed by atoms with E-state index in [1.165, 1.54) is 19.9 Å². The molecule has 0 N–H and O–H groups in total. The fourth-order valence-corrected chi connectivity index (χ4v) is 1.82. The van der Waals surface area contributed by atoms with Crippen LogP contribution in [0.15, 0.2) is 12.7 Å². The standard InChI is InChI=1S/C17H24O6/c1-7-12(5)22-15(19)17(9-3,10-4)16(20)23-14(8-2)11-21-13(6)18/h1,8,12,14H,2,9-11H2,3-6H3. The Morgan fingerprint density at radius 2 is 1.74 bits per heavy atom. The Bertz CT molecular complexity index is 484. The van der Waals surface area contributed by atoms with Crippen molar-refractivity contribution in [3.8, 4) is 12.3 Å². The second-order valence-corrected chi connectivity index (χ2v) is 4.99. The summed E-state index contributed by atoms with van der Waals surface area (Å²) in [5.74, 6) is 0.280. The molecular weight excluding hydrogens is 300 g/mol. The van der Waals surface area contributed by atoms with E-state index in [-0.39, 0.29) is 19.4 Å². The van der Waals surface area contributed by atoms with Gasteiger partial charge >= 0.3 is 17.9 Å². The van der Waals surface area contributed by atoms with Crippen molar-refractivity contribution in [3.63, 3.8) is 0 Å². The molecule has 0 fully saturated rings. The van der Waals surface area contributed by atoms with Gasteiger partial charge < -0.3 is 14.2 Å². The molecule has 23 heavy (non-hydrogen) atoms. The molecule has 0 saturated heterocycles. The quantitative estimate of drug-likeness (QED) is 0.212. The van der Waals surface area contributed by atoms with Crippen LogP contribution in [-0.2, 0) is 28.6 Å². The number of hydrogen-bond acceptors (Lipinski definition) is 6. The van der Waals surface area contributed by atoms with Crippen LogP contribution >= 0.6 is 0 Å². The van der Waals surface area contributed by atoms with Crippen molar-refractivity contribution in [1.29, 1.82) is 0 Å². The van der Waals surface area contributed by atoms with Crippen LogP contribution in [0.4, 0.5) is 0 Å². The van der Waals surface area contributed by atoms with Crippen LogP contribution < -0.4 is 0 Å². The van der Waals surface area contributed by atoms with Crippen LogP contribution in [0, 0.1) is 17.8 Å². The maximum atomic E-state index is 12.5. The van der Waals surface area contributed by atoms with Gasteiger partial charge in [-0.05, 0) is 25.8 Å². The van der Waals surface area contributed by atoms with Crippen LogP contribution in [0.2, 0.25) is 0 Å². The number of esters is 3. The Morgan fingerprint density at radius 1 is 1.22 bits per heavy atom. The molecule has 2 atom stereocenters. The molecule has 0 amide bonds. The van der Waals surface area contributed by atoms with Gasteiger partial charge in [-0.15, -0.1) is 6.42 Å². The molecule has 0 radical (unpaired) electrons. The molecule has 2 unspecified atom stereocenters. The zero-order valence-electron chi connectivity index (χ0n) is 14.1. The van der Waals surface area contributed by atoms with Gasteiger partial charge in [-0.3, -0.25) is 14.4 Å². The lowest BCUT2D eigenvalue weighted by Gasteiger charge is -2.29. The van der Waals surface area contributed by atoms with E-state index in [1.807, 2.05) is 0 Å². The first-order valence-corrected chi connectivity index (χ1v) is 7.41. The van der Waals surface area contributed by atoms with Crippen molar-refractivity contribution in [2.45, 2.75) is 52.7 Å². The number of terminal acetylenes is 1. The van der Waals surface area contributed by atoms with Gasteiger partial charge in [-0.25, -0.2) is 0 Å². The van der Waals surface area contributed by atoms with Crippen LogP contribution in [0.5, 0.6) is 0 Å². The summed E-state index contributed by atoms with van der Waals surface area (Å²) >= 11 is 0. The summed E-state index contributed by atoms with van der Waals surface area (Å²) in [6.45, 7) is 9.50. The highest BCUT2D eigenvalue weighted by molar-refractivity contribution is 6.00. The highest BCUT2D eigenvalue weighted by atomic mass is 16.6. The van der Waals surface area contributed by atoms with Gasteiger partial charge in [0.25, 0.3) is 0 Å².